The van der Waals surface area contributed by atoms with Gasteiger partial charge in [0.05, 0.1) is 18.8 Å². The second-order valence-corrected chi connectivity index (χ2v) is 9.95. The van der Waals surface area contributed by atoms with Crippen LogP contribution in [0.2, 0.25) is 0 Å². The first-order chi connectivity index (χ1) is 17.0. The van der Waals surface area contributed by atoms with Crippen LogP contribution in [0.3, 0.4) is 0 Å². The summed E-state index contributed by atoms with van der Waals surface area (Å²) >= 11 is 0. The van der Waals surface area contributed by atoms with E-state index in [1.165, 1.54) is 16.8 Å². The molecule has 9 heteroatoms. The fourth-order valence-corrected chi connectivity index (χ4v) is 5.82. The van der Waals surface area contributed by atoms with Crippen molar-refractivity contribution in [2.75, 3.05) is 36.9 Å². The summed E-state index contributed by atoms with van der Waals surface area (Å²) in [7, 11) is 1.92. The van der Waals surface area contributed by atoms with E-state index >= 15 is 0 Å². The van der Waals surface area contributed by atoms with Crippen molar-refractivity contribution in [3.05, 3.63) is 41.3 Å². The number of nitrogen functional groups attached to an aromatic ring is 1. The molecule has 3 aromatic rings. The zero-order chi connectivity index (χ0) is 24.1. The second kappa shape index (κ2) is 8.71. The van der Waals surface area contributed by atoms with Gasteiger partial charge < -0.3 is 20.3 Å². The van der Waals surface area contributed by atoms with Gasteiger partial charge in [-0.05, 0) is 43.4 Å². The maximum absolute atomic E-state index is 12.3. The molecule has 1 aromatic carbocycles. The van der Waals surface area contributed by atoms with Crippen LogP contribution in [0.4, 0.5) is 17.2 Å². The van der Waals surface area contributed by atoms with Gasteiger partial charge in [0, 0.05) is 86.7 Å². The molecular formula is C26H33N7O2. The lowest BCUT2D eigenvalue weighted by Gasteiger charge is -2.33. The topological polar surface area (TPSA) is 94.4 Å². The monoisotopic (exact) mass is 475 g/mol. The van der Waals surface area contributed by atoms with E-state index in [9.17, 15) is 4.79 Å². The second-order valence-electron chi connectivity index (χ2n) is 9.95. The van der Waals surface area contributed by atoms with Gasteiger partial charge in [-0.2, -0.15) is 10.2 Å². The molecule has 0 saturated carbocycles. The van der Waals surface area contributed by atoms with Gasteiger partial charge >= 0.3 is 0 Å². The average Bonchev–Trinajstić information content (AvgIpc) is 3.47. The van der Waals surface area contributed by atoms with E-state index in [1.807, 2.05) is 24.3 Å². The number of carbonyl (C=O) groups is 1. The van der Waals surface area contributed by atoms with Crippen LogP contribution in [-0.4, -0.2) is 56.7 Å². The molecule has 6 rings (SSSR count). The number of benzene rings is 1. The molecule has 0 unspecified atom stereocenters. The summed E-state index contributed by atoms with van der Waals surface area (Å²) in [5, 5.41) is 9.56. The normalized spacial score (nSPS) is 18.5. The Bertz CT molecular complexity index is 1270. The van der Waals surface area contributed by atoms with E-state index < -0.39 is 0 Å². The number of aryl methyl sites for hydroxylation is 2. The Hall–Kier alpha value is -3.33. The Morgan fingerprint density at radius 1 is 1.17 bits per heavy atom. The van der Waals surface area contributed by atoms with Crippen molar-refractivity contribution in [2.24, 2.45) is 7.05 Å². The molecule has 35 heavy (non-hydrogen) atoms. The Morgan fingerprint density at radius 2 is 2.00 bits per heavy atom. The number of nitrogens with two attached hydrogens (primary N) is 1. The molecule has 0 bridgehead atoms. The highest BCUT2D eigenvalue weighted by atomic mass is 16.5. The van der Waals surface area contributed by atoms with Crippen molar-refractivity contribution >= 4 is 23.1 Å². The fourth-order valence-electron chi connectivity index (χ4n) is 5.82. The van der Waals surface area contributed by atoms with Crippen molar-refractivity contribution < 1.29 is 9.53 Å². The Labute approximate surface area is 205 Å². The third kappa shape index (κ3) is 3.87. The Kier molecular flexibility index (Phi) is 5.51. The first kappa shape index (κ1) is 22.2. The van der Waals surface area contributed by atoms with Gasteiger partial charge in [-0.3, -0.25) is 14.2 Å². The highest BCUT2D eigenvalue weighted by Crippen LogP contribution is 2.42. The lowest BCUT2D eigenvalue weighted by molar-refractivity contribution is -0.129. The first-order valence-electron chi connectivity index (χ1n) is 12.6. The quantitative estimate of drug-likeness (QED) is 0.585. The van der Waals surface area contributed by atoms with Crippen molar-refractivity contribution in [2.45, 2.75) is 51.6 Å². The molecule has 3 aliphatic heterocycles. The van der Waals surface area contributed by atoms with Crippen LogP contribution >= 0.6 is 0 Å². The molecule has 1 fully saturated rings. The van der Waals surface area contributed by atoms with Gasteiger partial charge in [0.1, 0.15) is 0 Å². The molecular weight excluding hydrogens is 442 g/mol. The van der Waals surface area contributed by atoms with E-state index in [0.29, 0.717) is 12.6 Å². The summed E-state index contributed by atoms with van der Waals surface area (Å²) < 4.78 is 9.68. The summed E-state index contributed by atoms with van der Waals surface area (Å²) in [6.45, 7) is 5.44. The Balaban J connectivity index is 1.44. The number of ether oxygens (including phenoxy) is 1. The standard InChI is InChI=1S/C26H33N7O2/c1-17(34)31-9-5-24-22(16-31)26(29-33(24)20-6-10-35-11-7-20)32-8-3-4-18-12-21(23(27)13-25(18)32)19-14-28-30(2)15-19/h12-15,20H,3-11,16,27H2,1-2H3. The fraction of sp³-hybridized carbons (Fsp3) is 0.500. The molecule has 0 radical (unpaired) electrons. The maximum Gasteiger partial charge on any atom is 0.219 e. The zero-order valence-corrected chi connectivity index (χ0v) is 20.5. The van der Waals surface area contributed by atoms with E-state index in [2.05, 4.69) is 26.8 Å². The number of fused-ring (bicyclic) bond motifs is 2. The molecule has 1 saturated heterocycles. The number of carbonyl (C=O) groups excluding carboxylic acids is 1. The number of hydrogen-bond acceptors (Lipinski definition) is 6. The van der Waals surface area contributed by atoms with Gasteiger partial charge in [-0.15, -0.1) is 0 Å². The van der Waals surface area contributed by atoms with Crippen molar-refractivity contribution in [1.29, 1.82) is 0 Å². The van der Waals surface area contributed by atoms with Gasteiger partial charge in [0.25, 0.3) is 0 Å². The third-order valence-corrected chi connectivity index (χ3v) is 7.69. The highest BCUT2D eigenvalue weighted by molar-refractivity contribution is 5.83. The lowest BCUT2D eigenvalue weighted by Crippen LogP contribution is -2.36. The summed E-state index contributed by atoms with van der Waals surface area (Å²) in [6.07, 6.45) is 8.69. The van der Waals surface area contributed by atoms with Gasteiger partial charge in [-0.25, -0.2) is 0 Å². The average molecular weight is 476 g/mol. The Morgan fingerprint density at radius 3 is 2.74 bits per heavy atom. The number of anilines is 3. The maximum atomic E-state index is 12.3. The first-order valence-corrected chi connectivity index (χ1v) is 12.6. The van der Waals surface area contributed by atoms with Crippen molar-refractivity contribution in [3.63, 3.8) is 0 Å². The van der Waals surface area contributed by atoms with Crippen LogP contribution in [0.25, 0.3) is 11.1 Å². The molecule has 0 atom stereocenters. The van der Waals surface area contributed by atoms with E-state index in [4.69, 9.17) is 15.6 Å². The van der Waals surface area contributed by atoms with Gasteiger partial charge in [0.2, 0.25) is 5.91 Å². The molecule has 2 aromatic heterocycles. The molecule has 2 N–H and O–H groups in total. The minimum Gasteiger partial charge on any atom is -0.398 e. The van der Waals surface area contributed by atoms with Crippen molar-refractivity contribution in [1.82, 2.24) is 24.5 Å². The van der Waals surface area contributed by atoms with E-state index in [1.54, 1.807) is 11.6 Å². The minimum atomic E-state index is 0.116. The molecule has 5 heterocycles. The van der Waals surface area contributed by atoms with Crippen LogP contribution in [0.5, 0.6) is 0 Å². The molecule has 0 aliphatic carbocycles. The van der Waals surface area contributed by atoms with Crippen LogP contribution in [0.1, 0.15) is 49.0 Å². The van der Waals surface area contributed by atoms with Crippen LogP contribution < -0.4 is 10.6 Å². The van der Waals surface area contributed by atoms with Crippen LogP contribution in [0.15, 0.2) is 24.5 Å². The highest BCUT2D eigenvalue weighted by Gasteiger charge is 2.33. The number of nitrogens with zero attached hydrogens (tertiary/aromatic N) is 6. The minimum absolute atomic E-state index is 0.116. The smallest absolute Gasteiger partial charge is 0.219 e. The summed E-state index contributed by atoms with van der Waals surface area (Å²) in [4.78, 5) is 16.5. The molecule has 184 valence electrons. The number of hydrogen-bond donors (Lipinski definition) is 1. The number of aromatic nitrogens is 4. The predicted molar refractivity (Wildman–Crippen MR) is 134 cm³/mol. The predicted octanol–water partition coefficient (Wildman–Crippen LogP) is 3.21. The summed E-state index contributed by atoms with van der Waals surface area (Å²) in [6, 6.07) is 4.66. The van der Waals surface area contributed by atoms with Gasteiger partial charge in [-0.1, -0.05) is 0 Å². The SMILES string of the molecule is CC(=O)N1CCc2c(c(N3CCCc4cc(-c5cnn(C)c5)c(N)cc43)nn2C2CCOCC2)C1. The molecule has 1 amide bonds. The van der Waals surface area contributed by atoms with E-state index in [0.717, 1.165) is 86.7 Å². The molecule has 9 nitrogen and oxygen atoms in total. The third-order valence-electron chi connectivity index (χ3n) is 7.69. The zero-order valence-electron chi connectivity index (χ0n) is 20.5. The van der Waals surface area contributed by atoms with Crippen molar-refractivity contribution in [3.8, 4) is 11.1 Å². The van der Waals surface area contributed by atoms with Crippen LogP contribution in [-0.2, 0) is 36.0 Å². The number of amides is 1. The molecule has 0 spiro atoms. The summed E-state index contributed by atoms with van der Waals surface area (Å²) in [5.41, 5.74) is 14.2. The largest absolute Gasteiger partial charge is 0.398 e. The van der Waals surface area contributed by atoms with E-state index in [-0.39, 0.29) is 5.91 Å². The number of rotatable bonds is 3. The van der Waals surface area contributed by atoms with Gasteiger partial charge in [0.15, 0.2) is 5.82 Å². The van der Waals surface area contributed by atoms with Crippen LogP contribution in [0, 0.1) is 0 Å². The summed E-state index contributed by atoms with van der Waals surface area (Å²) in [5.74, 6) is 1.09. The molecule has 3 aliphatic rings. The lowest BCUT2D eigenvalue weighted by atomic mass is 9.95.